The number of alkyl halides is 4. The molecule has 3 heterocycles. The number of nitrogens with two attached hydrogens (primary N) is 1. The van der Waals surface area contributed by atoms with Crippen molar-refractivity contribution < 1.29 is 13.2 Å². The molecule has 28 heavy (non-hydrogen) atoms. The maximum Gasteiger partial charge on any atom is 0.433 e. The van der Waals surface area contributed by atoms with Crippen LogP contribution in [0.15, 0.2) is 54.7 Å². The van der Waals surface area contributed by atoms with Gasteiger partial charge in [0, 0.05) is 17.8 Å². The van der Waals surface area contributed by atoms with Crippen LogP contribution in [0.5, 0.6) is 0 Å². The fourth-order valence-corrected chi connectivity index (χ4v) is 3.06. The molecule has 0 aliphatic rings. The molecule has 0 amide bonds. The van der Waals surface area contributed by atoms with Crippen LogP contribution in [0.1, 0.15) is 11.3 Å². The van der Waals surface area contributed by atoms with Gasteiger partial charge in [0.25, 0.3) is 0 Å². The Kier molecular flexibility index (Phi) is 4.43. The number of hydrogen-bond acceptors (Lipinski definition) is 4. The number of aromatic nitrogens is 4. The lowest BCUT2D eigenvalue weighted by Crippen LogP contribution is -2.09. The molecule has 0 saturated heterocycles. The van der Waals surface area contributed by atoms with E-state index in [0.717, 1.165) is 11.6 Å². The lowest BCUT2D eigenvalue weighted by Gasteiger charge is -2.11. The third kappa shape index (κ3) is 3.16. The fourth-order valence-electron chi connectivity index (χ4n) is 2.88. The van der Waals surface area contributed by atoms with E-state index in [1.54, 1.807) is 36.4 Å². The van der Waals surface area contributed by atoms with Crippen molar-refractivity contribution in [1.29, 1.82) is 0 Å². The predicted molar refractivity (Wildman–Crippen MR) is 101 cm³/mol. The molecule has 1 aromatic carbocycles. The van der Waals surface area contributed by atoms with Crippen LogP contribution in [0.3, 0.4) is 0 Å². The summed E-state index contributed by atoms with van der Waals surface area (Å²) in [6, 6.07) is 12.7. The SMILES string of the molecule is Nc1ncccc1-c1nc2ccc(C(F)(F)F)nc2n1-c1ccc(CCl)cc1. The molecular weight excluding hydrogens is 391 g/mol. The highest BCUT2D eigenvalue weighted by Gasteiger charge is 2.33. The number of pyridine rings is 2. The number of imidazole rings is 1. The van der Waals surface area contributed by atoms with E-state index in [0.29, 0.717) is 28.5 Å². The third-order valence-corrected chi connectivity index (χ3v) is 4.53. The molecule has 0 aliphatic carbocycles. The minimum absolute atomic E-state index is 0.0756. The number of nitrogen functional groups attached to an aromatic ring is 1. The molecule has 142 valence electrons. The Morgan fingerprint density at radius 2 is 1.75 bits per heavy atom. The number of halogens is 4. The Labute approximate surface area is 162 Å². The van der Waals surface area contributed by atoms with Crippen molar-refractivity contribution in [2.45, 2.75) is 12.1 Å². The highest BCUT2D eigenvalue weighted by atomic mass is 35.5. The Morgan fingerprint density at radius 3 is 2.39 bits per heavy atom. The number of rotatable bonds is 3. The summed E-state index contributed by atoms with van der Waals surface area (Å²) in [7, 11) is 0. The maximum absolute atomic E-state index is 13.2. The van der Waals surface area contributed by atoms with Gasteiger partial charge in [-0.15, -0.1) is 11.6 Å². The summed E-state index contributed by atoms with van der Waals surface area (Å²) in [5, 5.41) is 0. The molecule has 0 atom stereocenters. The van der Waals surface area contributed by atoms with Crippen LogP contribution in [-0.4, -0.2) is 19.5 Å². The molecule has 5 nitrogen and oxygen atoms in total. The first-order chi connectivity index (χ1) is 13.4. The van der Waals surface area contributed by atoms with Gasteiger partial charge < -0.3 is 5.73 Å². The van der Waals surface area contributed by atoms with E-state index in [1.165, 1.54) is 16.8 Å². The number of nitrogens with zero attached hydrogens (tertiary/aromatic N) is 4. The van der Waals surface area contributed by atoms with Gasteiger partial charge in [0.1, 0.15) is 17.0 Å². The van der Waals surface area contributed by atoms with E-state index in [9.17, 15) is 13.2 Å². The van der Waals surface area contributed by atoms with Crippen molar-refractivity contribution in [1.82, 2.24) is 19.5 Å². The summed E-state index contributed by atoms with van der Waals surface area (Å²) in [4.78, 5) is 12.4. The number of anilines is 1. The molecule has 0 unspecified atom stereocenters. The fraction of sp³-hybridized carbons (Fsp3) is 0.105. The largest absolute Gasteiger partial charge is 0.433 e. The van der Waals surface area contributed by atoms with Gasteiger partial charge in [0.05, 0.1) is 5.56 Å². The molecule has 0 aliphatic heterocycles. The van der Waals surface area contributed by atoms with Crippen LogP contribution in [0.4, 0.5) is 19.0 Å². The summed E-state index contributed by atoms with van der Waals surface area (Å²) in [5.41, 5.74) is 7.33. The summed E-state index contributed by atoms with van der Waals surface area (Å²) >= 11 is 5.84. The van der Waals surface area contributed by atoms with E-state index < -0.39 is 11.9 Å². The van der Waals surface area contributed by atoms with E-state index in [-0.39, 0.29) is 11.5 Å². The van der Waals surface area contributed by atoms with Crippen molar-refractivity contribution in [2.75, 3.05) is 5.73 Å². The number of hydrogen-bond donors (Lipinski definition) is 1. The van der Waals surface area contributed by atoms with E-state index in [1.807, 2.05) is 0 Å². The predicted octanol–water partition coefficient (Wildman–Crippen LogP) is 4.82. The van der Waals surface area contributed by atoms with Crippen molar-refractivity contribution in [3.05, 3.63) is 66.0 Å². The van der Waals surface area contributed by atoms with Crippen LogP contribution in [0, 0.1) is 0 Å². The van der Waals surface area contributed by atoms with Gasteiger partial charge in [-0.1, -0.05) is 12.1 Å². The molecule has 0 radical (unpaired) electrons. The standard InChI is InChI=1S/C19H13ClF3N5/c20-10-11-3-5-12(6-4-11)28-17(13-2-1-9-25-16(13)24)26-14-7-8-15(19(21,22)23)27-18(14)28/h1-9H,10H2,(H2,24,25). The molecule has 4 rings (SSSR count). The van der Waals surface area contributed by atoms with Gasteiger partial charge in [-0.25, -0.2) is 15.0 Å². The van der Waals surface area contributed by atoms with E-state index in [2.05, 4.69) is 15.0 Å². The van der Waals surface area contributed by atoms with Gasteiger partial charge in [-0.05, 0) is 42.0 Å². The van der Waals surface area contributed by atoms with Gasteiger partial charge >= 0.3 is 6.18 Å². The first-order valence-electron chi connectivity index (χ1n) is 8.21. The smallest absolute Gasteiger partial charge is 0.383 e. The number of fused-ring (bicyclic) bond motifs is 1. The van der Waals surface area contributed by atoms with Crippen molar-refractivity contribution in [3.8, 4) is 17.1 Å². The summed E-state index contributed by atoms with van der Waals surface area (Å²) in [6.07, 6.45) is -3.04. The van der Waals surface area contributed by atoms with Crippen molar-refractivity contribution in [3.63, 3.8) is 0 Å². The monoisotopic (exact) mass is 403 g/mol. The highest BCUT2D eigenvalue weighted by molar-refractivity contribution is 6.17. The zero-order valence-electron chi connectivity index (χ0n) is 14.3. The van der Waals surface area contributed by atoms with Gasteiger partial charge in [-0.2, -0.15) is 13.2 Å². The second kappa shape index (κ2) is 6.79. The van der Waals surface area contributed by atoms with Crippen LogP contribution in [0.2, 0.25) is 0 Å². The third-order valence-electron chi connectivity index (χ3n) is 4.22. The molecule has 0 bridgehead atoms. The van der Waals surface area contributed by atoms with E-state index in [4.69, 9.17) is 17.3 Å². The molecule has 9 heteroatoms. The molecule has 2 N–H and O–H groups in total. The Bertz CT molecular complexity index is 1150. The van der Waals surface area contributed by atoms with Gasteiger partial charge in [0.15, 0.2) is 11.5 Å². The maximum atomic E-state index is 13.2. The lowest BCUT2D eigenvalue weighted by molar-refractivity contribution is -0.141. The quantitative estimate of drug-likeness (QED) is 0.498. The van der Waals surface area contributed by atoms with Gasteiger partial charge in [0.2, 0.25) is 0 Å². The van der Waals surface area contributed by atoms with Crippen molar-refractivity contribution >= 4 is 28.6 Å². The van der Waals surface area contributed by atoms with Crippen LogP contribution < -0.4 is 5.73 Å². The summed E-state index contributed by atoms with van der Waals surface area (Å²) in [6.45, 7) is 0. The second-order valence-corrected chi connectivity index (χ2v) is 6.31. The second-order valence-electron chi connectivity index (χ2n) is 6.04. The molecule has 0 saturated carbocycles. The van der Waals surface area contributed by atoms with E-state index >= 15 is 0 Å². The zero-order chi connectivity index (χ0) is 19.9. The first-order valence-corrected chi connectivity index (χ1v) is 8.75. The Morgan fingerprint density at radius 1 is 1.00 bits per heavy atom. The number of benzene rings is 1. The first kappa shape index (κ1) is 18.2. The summed E-state index contributed by atoms with van der Waals surface area (Å²) in [5.74, 6) is 0.891. The lowest BCUT2D eigenvalue weighted by atomic mass is 10.2. The normalized spacial score (nSPS) is 11.9. The van der Waals surface area contributed by atoms with Crippen molar-refractivity contribution in [2.24, 2.45) is 0 Å². The van der Waals surface area contributed by atoms with Crippen LogP contribution >= 0.6 is 11.6 Å². The average Bonchev–Trinajstić information content (AvgIpc) is 3.06. The molecule has 0 fully saturated rings. The highest BCUT2D eigenvalue weighted by Crippen LogP contribution is 2.33. The minimum Gasteiger partial charge on any atom is -0.383 e. The molecular formula is C19H13ClF3N5. The zero-order valence-corrected chi connectivity index (χ0v) is 15.0. The topological polar surface area (TPSA) is 69.6 Å². The summed E-state index contributed by atoms with van der Waals surface area (Å²) < 4.78 is 41.2. The van der Waals surface area contributed by atoms with Crippen LogP contribution in [0.25, 0.3) is 28.2 Å². The van der Waals surface area contributed by atoms with Gasteiger partial charge in [-0.3, -0.25) is 4.57 Å². The Hall–Kier alpha value is -3.13. The van der Waals surface area contributed by atoms with Crippen LogP contribution in [-0.2, 0) is 12.1 Å². The minimum atomic E-state index is -4.57. The molecule has 0 spiro atoms. The average molecular weight is 404 g/mol. The molecule has 4 aromatic rings. The Balaban J connectivity index is 2.04. The molecule has 3 aromatic heterocycles.